The Morgan fingerprint density at radius 3 is 2.56 bits per heavy atom. The van der Waals surface area contributed by atoms with Crippen molar-refractivity contribution in [3.63, 3.8) is 0 Å². The Bertz CT molecular complexity index is 228. The molecule has 1 aliphatic rings. The summed E-state index contributed by atoms with van der Waals surface area (Å²) in [6, 6.07) is 0.360. The van der Waals surface area contributed by atoms with Crippen molar-refractivity contribution < 1.29 is 9.53 Å². The molecule has 0 aromatic carbocycles. The first-order chi connectivity index (χ1) is 7.54. The second-order valence-electron chi connectivity index (χ2n) is 5.39. The Balaban J connectivity index is 2.52. The number of methoxy groups -OCH3 is 1. The molecule has 16 heavy (non-hydrogen) atoms. The maximum Gasteiger partial charge on any atom is 0.322 e. The lowest BCUT2D eigenvalue weighted by molar-refractivity contribution is -0.143. The highest BCUT2D eigenvalue weighted by Crippen LogP contribution is 2.25. The van der Waals surface area contributed by atoms with Crippen LogP contribution in [0.5, 0.6) is 0 Å². The number of ether oxygens (including phenoxy) is 1. The molecule has 0 heterocycles. The summed E-state index contributed by atoms with van der Waals surface area (Å²) in [6.07, 6.45) is 4.59. The van der Waals surface area contributed by atoms with Gasteiger partial charge in [0.15, 0.2) is 0 Å². The van der Waals surface area contributed by atoms with Crippen LogP contribution in [0.3, 0.4) is 0 Å². The maximum absolute atomic E-state index is 11.7. The van der Waals surface area contributed by atoms with Crippen LogP contribution in [-0.2, 0) is 9.53 Å². The summed E-state index contributed by atoms with van der Waals surface area (Å²) in [5.41, 5.74) is 0. The molecule has 1 N–H and O–H groups in total. The molecule has 0 radical (unpaired) electrons. The van der Waals surface area contributed by atoms with Crippen LogP contribution in [0, 0.1) is 11.8 Å². The van der Waals surface area contributed by atoms with Crippen molar-refractivity contribution in [3.05, 3.63) is 0 Å². The van der Waals surface area contributed by atoms with Gasteiger partial charge < -0.3 is 10.1 Å². The third-order valence-electron chi connectivity index (χ3n) is 3.47. The highest BCUT2D eigenvalue weighted by molar-refractivity contribution is 5.75. The fraction of sp³-hybridized carbons (Fsp3) is 0.923. The molecule has 0 aliphatic heterocycles. The number of hydrogen-bond acceptors (Lipinski definition) is 3. The molecule has 1 rings (SSSR count). The zero-order valence-electron chi connectivity index (χ0n) is 11.0. The molecule has 3 atom stereocenters. The van der Waals surface area contributed by atoms with Gasteiger partial charge in [0, 0.05) is 6.04 Å². The van der Waals surface area contributed by atoms with Crippen molar-refractivity contribution in [2.45, 2.75) is 58.5 Å². The lowest BCUT2D eigenvalue weighted by Crippen LogP contribution is -2.45. The Morgan fingerprint density at radius 2 is 2.12 bits per heavy atom. The van der Waals surface area contributed by atoms with E-state index in [1.54, 1.807) is 0 Å². The SMILES string of the molecule is COC(=O)C(CC(C)C)NC1CCCC1C. The average molecular weight is 227 g/mol. The third-order valence-corrected chi connectivity index (χ3v) is 3.47. The lowest BCUT2D eigenvalue weighted by atomic mass is 10.00. The van der Waals surface area contributed by atoms with E-state index in [1.807, 2.05) is 0 Å². The standard InChI is InChI=1S/C13H25NO2/c1-9(2)8-12(13(15)16-4)14-11-7-5-6-10(11)3/h9-12,14H,5-8H2,1-4H3. The van der Waals surface area contributed by atoms with E-state index < -0.39 is 0 Å². The van der Waals surface area contributed by atoms with Crippen molar-refractivity contribution >= 4 is 5.97 Å². The van der Waals surface area contributed by atoms with Gasteiger partial charge in [0.1, 0.15) is 6.04 Å². The Labute approximate surface area is 98.9 Å². The minimum Gasteiger partial charge on any atom is -0.468 e. The van der Waals surface area contributed by atoms with Crippen LogP contribution in [0.15, 0.2) is 0 Å². The van der Waals surface area contributed by atoms with Crippen LogP contribution >= 0.6 is 0 Å². The largest absolute Gasteiger partial charge is 0.468 e. The van der Waals surface area contributed by atoms with Crippen molar-refractivity contribution in [1.29, 1.82) is 0 Å². The summed E-state index contributed by atoms with van der Waals surface area (Å²) in [5, 5.41) is 3.47. The summed E-state index contributed by atoms with van der Waals surface area (Å²) in [6.45, 7) is 6.53. The number of esters is 1. The van der Waals surface area contributed by atoms with Gasteiger partial charge in [0.05, 0.1) is 7.11 Å². The van der Waals surface area contributed by atoms with Crippen LogP contribution in [0.1, 0.15) is 46.5 Å². The zero-order chi connectivity index (χ0) is 12.1. The highest BCUT2D eigenvalue weighted by atomic mass is 16.5. The second kappa shape index (κ2) is 6.24. The average Bonchev–Trinajstić information content (AvgIpc) is 2.61. The predicted molar refractivity (Wildman–Crippen MR) is 65.2 cm³/mol. The van der Waals surface area contributed by atoms with Gasteiger partial charge in [-0.05, 0) is 31.1 Å². The van der Waals surface area contributed by atoms with Gasteiger partial charge in [0.2, 0.25) is 0 Å². The van der Waals surface area contributed by atoms with E-state index in [4.69, 9.17) is 4.74 Å². The Kier molecular flexibility index (Phi) is 5.26. The third kappa shape index (κ3) is 3.78. The van der Waals surface area contributed by atoms with Gasteiger partial charge in [-0.15, -0.1) is 0 Å². The smallest absolute Gasteiger partial charge is 0.322 e. The van der Waals surface area contributed by atoms with Gasteiger partial charge in [-0.2, -0.15) is 0 Å². The summed E-state index contributed by atoms with van der Waals surface area (Å²) in [5.74, 6) is 1.07. The molecular weight excluding hydrogens is 202 g/mol. The van der Waals surface area contributed by atoms with Gasteiger partial charge in [-0.1, -0.05) is 27.2 Å². The fourth-order valence-corrected chi connectivity index (χ4v) is 2.50. The maximum atomic E-state index is 11.7. The molecule has 0 aromatic heterocycles. The molecule has 0 saturated heterocycles. The van der Waals surface area contributed by atoms with Gasteiger partial charge in [-0.3, -0.25) is 4.79 Å². The summed E-state index contributed by atoms with van der Waals surface area (Å²) >= 11 is 0. The quantitative estimate of drug-likeness (QED) is 0.733. The molecule has 0 aromatic rings. The highest BCUT2D eigenvalue weighted by Gasteiger charge is 2.29. The van der Waals surface area contributed by atoms with Gasteiger partial charge in [0.25, 0.3) is 0 Å². The van der Waals surface area contributed by atoms with Crippen molar-refractivity contribution in [2.24, 2.45) is 11.8 Å². The van der Waals surface area contributed by atoms with Crippen LogP contribution in [0.25, 0.3) is 0 Å². The number of hydrogen-bond donors (Lipinski definition) is 1. The zero-order valence-corrected chi connectivity index (χ0v) is 11.0. The van der Waals surface area contributed by atoms with Crippen LogP contribution in [0.4, 0.5) is 0 Å². The van der Waals surface area contributed by atoms with Gasteiger partial charge >= 0.3 is 5.97 Å². The monoisotopic (exact) mass is 227 g/mol. The molecule has 1 aliphatic carbocycles. The Morgan fingerprint density at radius 1 is 1.44 bits per heavy atom. The van der Waals surface area contributed by atoms with E-state index in [1.165, 1.54) is 26.4 Å². The molecule has 0 spiro atoms. The first-order valence-electron chi connectivity index (χ1n) is 6.38. The lowest BCUT2D eigenvalue weighted by Gasteiger charge is -2.25. The molecule has 3 heteroatoms. The van der Waals surface area contributed by atoms with Crippen LogP contribution < -0.4 is 5.32 Å². The van der Waals surface area contributed by atoms with E-state index in [0.717, 1.165) is 6.42 Å². The van der Waals surface area contributed by atoms with Gasteiger partial charge in [-0.25, -0.2) is 0 Å². The first kappa shape index (κ1) is 13.5. The van der Waals surface area contributed by atoms with E-state index in [0.29, 0.717) is 17.9 Å². The normalized spacial score (nSPS) is 27.1. The van der Waals surface area contributed by atoms with Crippen molar-refractivity contribution in [2.75, 3.05) is 7.11 Å². The molecule has 1 fully saturated rings. The molecule has 0 bridgehead atoms. The predicted octanol–water partition coefficient (Wildman–Crippen LogP) is 2.35. The second-order valence-corrected chi connectivity index (χ2v) is 5.39. The number of rotatable bonds is 5. The summed E-state index contributed by atoms with van der Waals surface area (Å²) in [4.78, 5) is 11.7. The number of nitrogens with one attached hydrogen (secondary N) is 1. The van der Waals surface area contributed by atoms with Crippen molar-refractivity contribution in [3.8, 4) is 0 Å². The molecule has 0 amide bonds. The van der Waals surface area contributed by atoms with Crippen LogP contribution in [-0.4, -0.2) is 25.2 Å². The minimum atomic E-state index is -0.129. The van der Waals surface area contributed by atoms with Crippen LogP contribution in [0.2, 0.25) is 0 Å². The van der Waals surface area contributed by atoms with E-state index in [9.17, 15) is 4.79 Å². The molecule has 3 nitrogen and oxygen atoms in total. The number of carbonyl (C=O) groups excluding carboxylic acids is 1. The van der Waals surface area contributed by atoms with E-state index in [-0.39, 0.29) is 12.0 Å². The minimum absolute atomic E-state index is 0.118. The molecule has 94 valence electrons. The fourth-order valence-electron chi connectivity index (χ4n) is 2.50. The topological polar surface area (TPSA) is 38.3 Å². The molecule has 3 unspecified atom stereocenters. The Hall–Kier alpha value is -0.570. The molecule has 1 saturated carbocycles. The van der Waals surface area contributed by atoms with E-state index >= 15 is 0 Å². The summed E-state index contributed by atoms with van der Waals surface area (Å²) < 4.78 is 4.86. The van der Waals surface area contributed by atoms with E-state index in [2.05, 4.69) is 26.1 Å². The number of carbonyl (C=O) groups is 1. The molecular formula is C13H25NO2. The van der Waals surface area contributed by atoms with Crippen molar-refractivity contribution in [1.82, 2.24) is 5.32 Å². The first-order valence-corrected chi connectivity index (χ1v) is 6.38. The summed E-state index contributed by atoms with van der Waals surface area (Å²) in [7, 11) is 1.47.